The Morgan fingerprint density at radius 1 is 0.982 bits per heavy atom. The summed E-state index contributed by atoms with van der Waals surface area (Å²) in [5.74, 6) is 0.0558. The Morgan fingerprint density at radius 3 is 2.60 bits per heavy atom. The lowest BCUT2D eigenvalue weighted by atomic mass is 9.72. The molecule has 0 saturated heterocycles. The topological polar surface area (TPSA) is 174 Å². The number of aromatic nitrogens is 3. The van der Waals surface area contributed by atoms with Gasteiger partial charge in [-0.3, -0.25) is 14.4 Å². The predicted molar refractivity (Wildman–Crippen MR) is 201 cm³/mol. The first kappa shape index (κ1) is 33.2. The number of fused-ring (bicyclic) bond motifs is 7. The van der Waals surface area contributed by atoms with Crippen molar-refractivity contribution in [3.63, 3.8) is 0 Å². The van der Waals surface area contributed by atoms with Gasteiger partial charge in [-0.25, -0.2) is 9.97 Å². The zero-order valence-electron chi connectivity index (χ0n) is 30.8. The van der Waals surface area contributed by atoms with Crippen molar-refractivity contribution >= 4 is 34.4 Å². The number of hydrogen-bond acceptors (Lipinski definition) is 10. The molecule has 7 heterocycles. The van der Waals surface area contributed by atoms with Crippen LogP contribution in [0.25, 0.3) is 44.9 Å². The highest BCUT2D eigenvalue weighted by atomic mass is 16.5. The van der Waals surface area contributed by atoms with Gasteiger partial charge in [0.2, 0.25) is 17.7 Å². The molecule has 13 nitrogen and oxygen atoms in total. The molecule has 0 saturated carbocycles. The number of ether oxygens (including phenoxy) is 2. The van der Waals surface area contributed by atoms with Crippen molar-refractivity contribution in [3.05, 3.63) is 95.3 Å². The van der Waals surface area contributed by atoms with Gasteiger partial charge >= 0.3 is 5.97 Å². The molecule has 10 bridgehead atoms. The molecular formula is C42H38N6O7. The Balaban J connectivity index is 1.23. The van der Waals surface area contributed by atoms with E-state index in [0.717, 1.165) is 50.0 Å². The molecule has 4 N–H and O–H groups in total. The highest BCUT2D eigenvalue weighted by molar-refractivity contribution is 6.07. The second kappa shape index (κ2) is 11.8. The summed E-state index contributed by atoms with van der Waals surface area (Å²) in [6, 6.07) is 16.5. The standard InChI is InChI=1S/C42H38N6O7/c1-18(2)32-40-47-34-36(55-40)42-25-10-6-9-23(22-8-7-11-27-31(22)24(16-43-27)30-17-44-39(34)53-30)33(25)48-41(42)54-29-13-12-21(14-26(29)42)15-28(37(50)46-32)45-38(51)35(19(3)4)52-20(5)49/h6-14,16-19,28,32,35,41,43,48H,15H2,1-5H3,(H,45,51)(H,46,50)/t28-,32-,35?,41?,42?/m0/s1. The van der Waals surface area contributed by atoms with Crippen LogP contribution in [0, 0.1) is 11.8 Å². The van der Waals surface area contributed by atoms with E-state index in [1.165, 1.54) is 6.92 Å². The molecule has 3 aromatic heterocycles. The Hall–Kier alpha value is -6.37. The molecule has 0 fully saturated rings. The lowest BCUT2D eigenvalue weighted by Crippen LogP contribution is -2.53. The van der Waals surface area contributed by atoms with Crippen LogP contribution in [-0.4, -0.2) is 51.1 Å². The van der Waals surface area contributed by atoms with Crippen LogP contribution in [-0.2, 0) is 31.0 Å². The fraction of sp³-hybridized carbons (Fsp3) is 0.310. The van der Waals surface area contributed by atoms with Gasteiger partial charge in [0, 0.05) is 58.4 Å². The second-order valence-electron chi connectivity index (χ2n) is 15.5. The van der Waals surface area contributed by atoms with Crippen LogP contribution < -0.4 is 20.7 Å². The number of benzene rings is 3. The van der Waals surface area contributed by atoms with Gasteiger partial charge in [-0.1, -0.05) is 70.2 Å². The van der Waals surface area contributed by atoms with E-state index in [0.29, 0.717) is 23.0 Å². The van der Waals surface area contributed by atoms with E-state index >= 15 is 0 Å². The van der Waals surface area contributed by atoms with Gasteiger partial charge in [0.05, 0.1) is 6.20 Å². The molecule has 5 atom stereocenters. The number of oxazole rings is 2. The van der Waals surface area contributed by atoms with Crippen LogP contribution in [0.15, 0.2) is 75.8 Å². The van der Waals surface area contributed by atoms with Crippen molar-refractivity contribution in [3.8, 4) is 39.8 Å². The number of nitrogens with one attached hydrogen (secondary N) is 4. The normalized spacial score (nSPS) is 21.9. The van der Waals surface area contributed by atoms with Crippen LogP contribution in [0.4, 0.5) is 5.69 Å². The van der Waals surface area contributed by atoms with Gasteiger partial charge in [-0.2, -0.15) is 0 Å². The number of H-pyrrole nitrogens is 1. The zero-order valence-corrected chi connectivity index (χ0v) is 30.8. The number of nitrogens with zero attached hydrogens (tertiary/aromatic N) is 2. The third-order valence-corrected chi connectivity index (χ3v) is 11.3. The summed E-state index contributed by atoms with van der Waals surface area (Å²) in [6.07, 6.45) is 2.03. The van der Waals surface area contributed by atoms with Gasteiger partial charge in [-0.05, 0) is 35.1 Å². The molecule has 3 aromatic carbocycles. The first-order valence-corrected chi connectivity index (χ1v) is 18.6. The van der Waals surface area contributed by atoms with Gasteiger partial charge < -0.3 is 39.2 Å². The van der Waals surface area contributed by atoms with E-state index < -0.39 is 47.6 Å². The number of anilines is 1. The molecule has 13 heteroatoms. The predicted octanol–water partition coefficient (Wildman–Crippen LogP) is 6.38. The third kappa shape index (κ3) is 4.74. The molecular weight excluding hydrogens is 700 g/mol. The van der Waals surface area contributed by atoms with Gasteiger partial charge in [0.25, 0.3) is 5.91 Å². The van der Waals surface area contributed by atoms with Crippen molar-refractivity contribution in [2.75, 3.05) is 5.32 Å². The number of esters is 1. The minimum atomic E-state index is -1.09. The summed E-state index contributed by atoms with van der Waals surface area (Å²) in [5.41, 5.74) is 6.48. The molecule has 6 aromatic rings. The maximum absolute atomic E-state index is 14.3. The molecule has 10 rings (SSSR count). The fourth-order valence-corrected chi connectivity index (χ4v) is 8.78. The summed E-state index contributed by atoms with van der Waals surface area (Å²) in [7, 11) is 0. The Bertz CT molecular complexity index is 2600. The summed E-state index contributed by atoms with van der Waals surface area (Å²) in [5, 5.41) is 10.8. The third-order valence-electron chi connectivity index (χ3n) is 11.3. The summed E-state index contributed by atoms with van der Waals surface area (Å²) in [4.78, 5) is 53.3. The Labute approximate surface area is 315 Å². The highest BCUT2D eigenvalue weighted by Crippen LogP contribution is 2.61. The molecule has 0 radical (unpaired) electrons. The number of para-hydroxylation sites is 1. The molecule has 0 aliphatic carbocycles. The maximum atomic E-state index is 14.3. The van der Waals surface area contributed by atoms with Crippen LogP contribution >= 0.6 is 0 Å². The number of hydrogen-bond donors (Lipinski definition) is 4. The van der Waals surface area contributed by atoms with E-state index in [1.54, 1.807) is 20.0 Å². The Kier molecular flexibility index (Phi) is 7.13. The zero-order chi connectivity index (χ0) is 37.9. The average Bonchev–Trinajstić information content (AvgIpc) is 3.98. The van der Waals surface area contributed by atoms with E-state index in [1.807, 2.05) is 50.4 Å². The molecule has 3 unspecified atom stereocenters. The maximum Gasteiger partial charge on any atom is 0.303 e. The van der Waals surface area contributed by atoms with E-state index in [-0.39, 0.29) is 30.0 Å². The number of carbonyl (C=O) groups excluding carboxylic acids is 3. The Morgan fingerprint density at radius 2 is 1.80 bits per heavy atom. The van der Waals surface area contributed by atoms with Crippen molar-refractivity contribution in [2.24, 2.45) is 11.8 Å². The monoisotopic (exact) mass is 738 g/mol. The minimum absolute atomic E-state index is 0.141. The average molecular weight is 739 g/mol. The van der Waals surface area contributed by atoms with Crippen LogP contribution in [0.3, 0.4) is 0 Å². The van der Waals surface area contributed by atoms with Crippen LogP contribution in [0.2, 0.25) is 0 Å². The molecule has 2 amide bonds. The lowest BCUT2D eigenvalue weighted by molar-refractivity contribution is -0.157. The number of amides is 2. The summed E-state index contributed by atoms with van der Waals surface area (Å²) >= 11 is 0. The first-order valence-electron chi connectivity index (χ1n) is 18.6. The van der Waals surface area contributed by atoms with E-state index in [2.05, 4.69) is 45.2 Å². The molecule has 278 valence electrons. The molecule has 55 heavy (non-hydrogen) atoms. The smallest absolute Gasteiger partial charge is 0.303 e. The second-order valence-corrected chi connectivity index (χ2v) is 15.5. The molecule has 1 spiro atoms. The van der Waals surface area contributed by atoms with Gasteiger partial charge in [0.15, 0.2) is 29.5 Å². The van der Waals surface area contributed by atoms with Crippen LogP contribution in [0.5, 0.6) is 5.75 Å². The highest BCUT2D eigenvalue weighted by Gasteiger charge is 2.61. The SMILES string of the molecule is CC(=O)OC(C(=O)N[C@H]1Cc2ccc3c(c2)C24c5cccc(c5NC2O3)-c2cccc3[nH]cc(c23)-c2cnc(o2)-c2nc(oc24)[C@H](C(C)C)NC1=O)C(C)C. The molecule has 4 aliphatic rings. The van der Waals surface area contributed by atoms with Crippen molar-refractivity contribution in [1.82, 2.24) is 25.6 Å². The van der Waals surface area contributed by atoms with E-state index in [4.69, 9.17) is 28.3 Å². The van der Waals surface area contributed by atoms with Crippen molar-refractivity contribution in [1.29, 1.82) is 0 Å². The van der Waals surface area contributed by atoms with Crippen molar-refractivity contribution in [2.45, 2.75) is 70.9 Å². The first-order chi connectivity index (χ1) is 26.5. The molecule has 4 aliphatic heterocycles. The lowest BCUT2D eigenvalue weighted by Gasteiger charge is -2.29. The fourth-order valence-electron chi connectivity index (χ4n) is 8.78. The summed E-state index contributed by atoms with van der Waals surface area (Å²) in [6.45, 7) is 8.75. The number of rotatable bonds is 5. The van der Waals surface area contributed by atoms with E-state index in [9.17, 15) is 14.4 Å². The number of carbonyl (C=O) groups is 3. The van der Waals surface area contributed by atoms with Crippen molar-refractivity contribution < 1.29 is 32.7 Å². The minimum Gasteiger partial charge on any atom is -0.469 e. The van der Waals surface area contributed by atoms with Crippen LogP contribution in [0.1, 0.15) is 69.0 Å². The number of aromatic amines is 1. The quantitative estimate of drug-likeness (QED) is 0.145. The van der Waals surface area contributed by atoms with Gasteiger partial charge in [-0.15, -0.1) is 0 Å². The largest absolute Gasteiger partial charge is 0.469 e. The van der Waals surface area contributed by atoms with Gasteiger partial charge in [0.1, 0.15) is 23.2 Å². The summed E-state index contributed by atoms with van der Waals surface area (Å²) < 4.78 is 25.8.